The molecule has 0 radical (unpaired) electrons. The molecular formula is H12N4NiO12S4. The summed E-state index contributed by atoms with van der Waals surface area (Å²) < 4.78 is 101. The van der Waals surface area contributed by atoms with E-state index in [2.05, 4.69) is 20.6 Å². The second-order valence-electron chi connectivity index (χ2n) is 2.06. The van der Waals surface area contributed by atoms with Gasteiger partial charge >= 0.3 is 41.2 Å². The zero-order valence-electron chi connectivity index (χ0n) is 9.31. The zero-order chi connectivity index (χ0) is 18.0. The molecule has 0 spiro atoms. The third kappa shape index (κ3) is 9190000. The van der Waals surface area contributed by atoms with Gasteiger partial charge in [-0.2, -0.15) is 33.7 Å². The fraction of sp³-hybridized carbons (Fsp3) is 0. The van der Waals surface area contributed by atoms with Crippen LogP contribution in [-0.2, 0) is 57.7 Å². The third-order valence-corrected chi connectivity index (χ3v) is 0. The Balaban J connectivity index is -0.0000000533. The van der Waals surface area contributed by atoms with Crippen molar-refractivity contribution in [2.45, 2.75) is 0 Å². The van der Waals surface area contributed by atoms with Gasteiger partial charge in [0.15, 0.2) is 0 Å². The summed E-state index contributed by atoms with van der Waals surface area (Å²) >= 11 is 0. The van der Waals surface area contributed by atoms with Gasteiger partial charge in [-0.1, -0.05) is 0 Å². The molecule has 138 valence electrons. The van der Waals surface area contributed by atoms with E-state index in [1.54, 1.807) is 0 Å². The molecule has 0 aromatic carbocycles. The van der Waals surface area contributed by atoms with Crippen LogP contribution >= 0.6 is 0 Å². The van der Waals surface area contributed by atoms with Gasteiger partial charge in [-0.3, -0.25) is 18.2 Å². The standard InChI is InChI=1S/4H3NO3S.Ni/c4*1-5(2,3)4;/h4*(H3,1,2,3,4);. The average Bonchev–Trinajstić information content (AvgIpc) is 1.62. The van der Waals surface area contributed by atoms with Crippen LogP contribution in [0.4, 0.5) is 0 Å². The molecule has 0 heterocycles. The maximum absolute atomic E-state index is 8.97. The Hall–Kier alpha value is -0.0265. The Morgan fingerprint density at radius 1 is 0.429 bits per heavy atom. The van der Waals surface area contributed by atoms with Crippen LogP contribution in [0.5, 0.6) is 0 Å². The van der Waals surface area contributed by atoms with Crippen molar-refractivity contribution >= 4 is 41.2 Å². The smallest absolute Gasteiger partial charge is 0.274 e. The fourth-order valence-electron chi connectivity index (χ4n) is 0. The van der Waals surface area contributed by atoms with Crippen molar-refractivity contribution in [2.75, 3.05) is 0 Å². The summed E-state index contributed by atoms with van der Waals surface area (Å²) in [5.74, 6) is 0. The van der Waals surface area contributed by atoms with Gasteiger partial charge in [-0.15, -0.1) is 0 Å². The van der Waals surface area contributed by atoms with Crippen LogP contribution in [0.3, 0.4) is 0 Å². The molecule has 0 aromatic heterocycles. The maximum atomic E-state index is 8.97. The molecule has 0 amide bonds. The van der Waals surface area contributed by atoms with E-state index in [9.17, 15) is 0 Å². The minimum Gasteiger partial charge on any atom is -0.274 e. The SMILES string of the molecule is NS(=O)(=O)O.NS(=O)(=O)O.NS(=O)(=O)O.NS(=O)(=O)O.[Ni]. The van der Waals surface area contributed by atoms with Gasteiger partial charge in [-0.05, 0) is 0 Å². The first-order chi connectivity index (χ1) is 8.00. The maximum Gasteiger partial charge on any atom is 0.330 e. The van der Waals surface area contributed by atoms with Gasteiger partial charge in [0, 0.05) is 16.5 Å². The van der Waals surface area contributed by atoms with Crippen molar-refractivity contribution in [3.05, 3.63) is 0 Å². The first kappa shape index (κ1) is 32.8. The van der Waals surface area contributed by atoms with Crippen LogP contribution in [0.15, 0.2) is 0 Å². The van der Waals surface area contributed by atoms with Crippen molar-refractivity contribution < 1.29 is 68.4 Å². The van der Waals surface area contributed by atoms with E-state index in [1.807, 2.05) is 0 Å². The van der Waals surface area contributed by atoms with Crippen LogP contribution in [0, 0.1) is 0 Å². The molecule has 0 rings (SSSR count). The molecule has 0 saturated heterocycles. The number of nitrogens with two attached hydrogens (primary N) is 4. The normalized spacial score (nSPS) is 11.0. The van der Waals surface area contributed by atoms with E-state index in [-0.39, 0.29) is 16.5 Å². The first-order valence-electron chi connectivity index (χ1n) is 3.01. The largest absolute Gasteiger partial charge is 0.330 e. The van der Waals surface area contributed by atoms with Crippen LogP contribution in [0.1, 0.15) is 0 Å². The summed E-state index contributed by atoms with van der Waals surface area (Å²) in [4.78, 5) is 0. The van der Waals surface area contributed by atoms with E-state index in [4.69, 9.17) is 51.9 Å². The van der Waals surface area contributed by atoms with Crippen molar-refractivity contribution in [3.63, 3.8) is 0 Å². The van der Waals surface area contributed by atoms with E-state index >= 15 is 0 Å². The molecule has 0 bridgehead atoms. The number of hydrogen-bond acceptors (Lipinski definition) is 8. The Labute approximate surface area is 130 Å². The van der Waals surface area contributed by atoms with Crippen LogP contribution in [0.25, 0.3) is 0 Å². The molecule has 0 atom stereocenters. The summed E-state index contributed by atoms with van der Waals surface area (Å²) in [5, 5.41) is 15.5. The molecule has 0 aromatic rings. The van der Waals surface area contributed by atoms with Crippen molar-refractivity contribution in [3.8, 4) is 0 Å². The monoisotopic (exact) mass is 446 g/mol. The zero-order valence-corrected chi connectivity index (χ0v) is 13.6. The van der Waals surface area contributed by atoms with Crippen molar-refractivity contribution in [1.29, 1.82) is 0 Å². The molecule has 0 aliphatic carbocycles. The molecule has 21 heteroatoms. The van der Waals surface area contributed by atoms with Crippen molar-refractivity contribution in [2.24, 2.45) is 20.6 Å². The number of hydrogen-bond donors (Lipinski definition) is 8. The van der Waals surface area contributed by atoms with E-state index in [0.717, 1.165) is 0 Å². The second-order valence-corrected chi connectivity index (χ2v) is 6.18. The molecule has 0 aliphatic rings. The number of rotatable bonds is 0. The molecular weight excluding hydrogens is 435 g/mol. The van der Waals surface area contributed by atoms with Crippen LogP contribution in [0.2, 0.25) is 0 Å². The Bertz CT molecular complexity index is 486. The van der Waals surface area contributed by atoms with Gasteiger partial charge in [0.2, 0.25) is 0 Å². The third-order valence-electron chi connectivity index (χ3n) is 0. The van der Waals surface area contributed by atoms with E-state index in [0.29, 0.717) is 0 Å². The van der Waals surface area contributed by atoms with E-state index < -0.39 is 41.2 Å². The predicted molar refractivity (Wildman–Crippen MR) is 62.9 cm³/mol. The summed E-state index contributed by atoms with van der Waals surface area (Å²) in [6.07, 6.45) is 0. The first-order valence-corrected chi connectivity index (χ1v) is 9.02. The minimum atomic E-state index is -4.17. The Morgan fingerprint density at radius 2 is 0.429 bits per heavy atom. The molecule has 21 heavy (non-hydrogen) atoms. The average molecular weight is 447 g/mol. The molecule has 0 unspecified atom stereocenters. The van der Waals surface area contributed by atoms with Gasteiger partial charge in [0.1, 0.15) is 0 Å². The topological polar surface area (TPSA) is 322 Å². The summed E-state index contributed by atoms with van der Waals surface area (Å²) in [6, 6.07) is 0. The molecule has 0 fully saturated rings. The minimum absolute atomic E-state index is 0. The Kier molecular flexibility index (Phi) is 19.5. The van der Waals surface area contributed by atoms with Crippen molar-refractivity contribution in [1.82, 2.24) is 0 Å². The van der Waals surface area contributed by atoms with Crippen LogP contribution < -0.4 is 20.6 Å². The molecule has 0 saturated carbocycles. The van der Waals surface area contributed by atoms with Gasteiger partial charge in [-0.25, -0.2) is 20.6 Å². The Morgan fingerprint density at radius 3 is 0.429 bits per heavy atom. The molecule has 12 N–H and O–H groups in total. The summed E-state index contributed by atoms with van der Waals surface area (Å²) in [5.41, 5.74) is 0. The van der Waals surface area contributed by atoms with Gasteiger partial charge < -0.3 is 0 Å². The van der Waals surface area contributed by atoms with E-state index in [1.165, 1.54) is 0 Å². The summed E-state index contributed by atoms with van der Waals surface area (Å²) in [7, 11) is -16.7. The fourth-order valence-corrected chi connectivity index (χ4v) is 0. The molecule has 0 aliphatic heterocycles. The van der Waals surface area contributed by atoms with Gasteiger partial charge in [0.05, 0.1) is 0 Å². The second kappa shape index (κ2) is 12.5. The predicted octanol–water partition coefficient (Wildman–Crippen LogP) is -5.01. The van der Waals surface area contributed by atoms with Crippen LogP contribution in [-0.4, -0.2) is 51.9 Å². The molecule has 16 nitrogen and oxygen atoms in total. The summed E-state index contributed by atoms with van der Waals surface area (Å²) in [6.45, 7) is 0. The van der Waals surface area contributed by atoms with Gasteiger partial charge in [0.25, 0.3) is 0 Å². The quantitative estimate of drug-likeness (QED) is 0.128.